The summed E-state index contributed by atoms with van der Waals surface area (Å²) in [5, 5.41) is 2.68. The molecule has 66 valence electrons. The summed E-state index contributed by atoms with van der Waals surface area (Å²) in [5.74, 6) is 2.34. The second-order valence-corrected chi connectivity index (χ2v) is 3.07. The Kier molecular flexibility index (Phi) is 4.14. The highest BCUT2D eigenvalue weighted by Crippen LogP contribution is 1.98. The van der Waals surface area contributed by atoms with Gasteiger partial charge in [-0.25, -0.2) is 0 Å². The highest BCUT2D eigenvalue weighted by atomic mass is 16.1. The molecule has 0 aromatic heterocycles. The first-order chi connectivity index (χ1) is 5.52. The van der Waals surface area contributed by atoms with E-state index in [0.29, 0.717) is 0 Å². The first-order valence-electron chi connectivity index (χ1n) is 3.98. The molecule has 0 rings (SSSR count). The number of hydrogen-bond acceptors (Lipinski definition) is 1. The lowest BCUT2D eigenvalue weighted by molar-refractivity contribution is -0.117. The third-order valence-electron chi connectivity index (χ3n) is 1.30. The van der Waals surface area contributed by atoms with E-state index in [2.05, 4.69) is 11.2 Å². The Hall–Kier alpha value is -1.23. The van der Waals surface area contributed by atoms with Gasteiger partial charge in [0.25, 0.3) is 0 Å². The van der Waals surface area contributed by atoms with E-state index in [4.69, 9.17) is 6.42 Å². The molecule has 0 saturated carbocycles. The SMILES string of the molecule is C#CC(C)(C)NC(=O)/C=C/CC. The molecule has 0 aliphatic carbocycles. The Morgan fingerprint density at radius 2 is 2.25 bits per heavy atom. The number of amides is 1. The lowest BCUT2D eigenvalue weighted by atomic mass is 10.1. The third-order valence-corrected chi connectivity index (χ3v) is 1.30. The van der Waals surface area contributed by atoms with Crippen LogP contribution >= 0.6 is 0 Å². The molecule has 0 aliphatic rings. The van der Waals surface area contributed by atoms with Crippen molar-refractivity contribution in [3.05, 3.63) is 12.2 Å². The van der Waals surface area contributed by atoms with E-state index in [-0.39, 0.29) is 5.91 Å². The van der Waals surface area contributed by atoms with Crippen molar-refractivity contribution >= 4 is 5.91 Å². The first kappa shape index (κ1) is 10.8. The van der Waals surface area contributed by atoms with Gasteiger partial charge >= 0.3 is 0 Å². The van der Waals surface area contributed by atoms with Gasteiger partial charge in [0.15, 0.2) is 0 Å². The van der Waals surface area contributed by atoms with Gasteiger partial charge in [-0.2, -0.15) is 0 Å². The Morgan fingerprint density at radius 1 is 1.67 bits per heavy atom. The summed E-state index contributed by atoms with van der Waals surface area (Å²) >= 11 is 0. The third kappa shape index (κ3) is 4.56. The van der Waals surface area contributed by atoms with Crippen molar-refractivity contribution in [1.82, 2.24) is 5.32 Å². The maximum atomic E-state index is 11.1. The number of carbonyl (C=O) groups is 1. The van der Waals surface area contributed by atoms with Gasteiger partial charge in [-0.15, -0.1) is 6.42 Å². The van der Waals surface area contributed by atoms with Crippen LogP contribution in [0.1, 0.15) is 27.2 Å². The number of carbonyl (C=O) groups excluding carboxylic acids is 1. The molecular formula is C10H15NO. The Labute approximate surface area is 74.0 Å². The molecule has 2 nitrogen and oxygen atoms in total. The minimum atomic E-state index is -0.560. The predicted octanol–water partition coefficient (Wildman–Crippen LogP) is 1.48. The summed E-state index contributed by atoms with van der Waals surface area (Å²) in [4.78, 5) is 11.1. The van der Waals surface area contributed by atoms with Crippen molar-refractivity contribution in [3.8, 4) is 12.3 Å². The zero-order valence-electron chi connectivity index (χ0n) is 7.85. The fourth-order valence-corrected chi connectivity index (χ4v) is 0.611. The number of allylic oxidation sites excluding steroid dienone is 1. The van der Waals surface area contributed by atoms with Crippen LogP contribution in [0.3, 0.4) is 0 Å². The van der Waals surface area contributed by atoms with Crippen LogP contribution in [0.15, 0.2) is 12.2 Å². The molecule has 0 radical (unpaired) electrons. The second-order valence-electron chi connectivity index (χ2n) is 3.07. The van der Waals surface area contributed by atoms with Crippen LogP contribution in [-0.2, 0) is 4.79 Å². The summed E-state index contributed by atoms with van der Waals surface area (Å²) < 4.78 is 0. The van der Waals surface area contributed by atoms with Gasteiger partial charge in [0.1, 0.15) is 0 Å². The van der Waals surface area contributed by atoms with E-state index in [0.717, 1.165) is 6.42 Å². The standard InChI is InChI=1S/C10H15NO/c1-5-7-8-9(12)11-10(3,4)6-2/h2,7-8H,5H2,1,3-4H3,(H,11,12)/b8-7+. The van der Waals surface area contributed by atoms with Crippen molar-refractivity contribution in [2.75, 3.05) is 0 Å². The zero-order valence-corrected chi connectivity index (χ0v) is 7.85. The average molecular weight is 165 g/mol. The lowest BCUT2D eigenvalue weighted by Gasteiger charge is -2.17. The highest BCUT2D eigenvalue weighted by Gasteiger charge is 2.14. The van der Waals surface area contributed by atoms with E-state index in [1.54, 1.807) is 19.9 Å². The highest BCUT2D eigenvalue weighted by molar-refractivity contribution is 5.88. The van der Waals surface area contributed by atoms with Gasteiger partial charge in [0, 0.05) is 0 Å². The number of hydrogen-bond donors (Lipinski definition) is 1. The zero-order chi connectivity index (χ0) is 9.61. The Bertz CT molecular complexity index is 220. The van der Waals surface area contributed by atoms with Crippen LogP contribution in [0.5, 0.6) is 0 Å². The van der Waals surface area contributed by atoms with Crippen molar-refractivity contribution < 1.29 is 4.79 Å². The minimum Gasteiger partial charge on any atom is -0.337 e. The Morgan fingerprint density at radius 3 is 2.67 bits per heavy atom. The van der Waals surface area contributed by atoms with Gasteiger partial charge in [0.05, 0.1) is 5.54 Å². The molecule has 0 atom stereocenters. The van der Waals surface area contributed by atoms with Crippen molar-refractivity contribution in [3.63, 3.8) is 0 Å². The molecule has 0 fully saturated rings. The van der Waals surface area contributed by atoms with Crippen molar-refractivity contribution in [1.29, 1.82) is 0 Å². The van der Waals surface area contributed by atoms with Gasteiger partial charge in [0.2, 0.25) is 5.91 Å². The van der Waals surface area contributed by atoms with Gasteiger partial charge < -0.3 is 5.32 Å². The van der Waals surface area contributed by atoms with E-state index in [1.165, 1.54) is 6.08 Å². The summed E-state index contributed by atoms with van der Waals surface area (Å²) in [5.41, 5.74) is -0.560. The largest absolute Gasteiger partial charge is 0.337 e. The van der Waals surface area contributed by atoms with Crippen LogP contribution in [0, 0.1) is 12.3 Å². The van der Waals surface area contributed by atoms with Crippen molar-refractivity contribution in [2.45, 2.75) is 32.7 Å². The quantitative estimate of drug-likeness (QED) is 0.498. The van der Waals surface area contributed by atoms with Crippen molar-refractivity contribution in [2.24, 2.45) is 0 Å². The summed E-state index contributed by atoms with van der Waals surface area (Å²) in [6, 6.07) is 0. The molecule has 0 aromatic rings. The molecule has 0 aliphatic heterocycles. The molecule has 2 heteroatoms. The number of terminal acetylenes is 1. The molecule has 0 spiro atoms. The van der Waals surface area contributed by atoms with Crippen LogP contribution in [-0.4, -0.2) is 11.4 Å². The first-order valence-corrected chi connectivity index (χ1v) is 3.98. The molecular weight excluding hydrogens is 150 g/mol. The Balaban J connectivity index is 4.03. The van der Waals surface area contributed by atoms with Crippen LogP contribution in [0.4, 0.5) is 0 Å². The molecule has 0 bridgehead atoms. The second kappa shape index (κ2) is 4.61. The van der Waals surface area contributed by atoms with Gasteiger partial charge in [-0.3, -0.25) is 4.79 Å². The normalized spacial score (nSPS) is 11.2. The van der Waals surface area contributed by atoms with Crippen LogP contribution in [0.25, 0.3) is 0 Å². The fraction of sp³-hybridized carbons (Fsp3) is 0.500. The smallest absolute Gasteiger partial charge is 0.244 e. The summed E-state index contributed by atoms with van der Waals surface area (Å²) in [7, 11) is 0. The predicted molar refractivity (Wildman–Crippen MR) is 50.5 cm³/mol. The summed E-state index contributed by atoms with van der Waals surface area (Å²) in [6.07, 6.45) is 9.34. The van der Waals surface area contributed by atoms with Crippen LogP contribution < -0.4 is 5.32 Å². The van der Waals surface area contributed by atoms with Gasteiger partial charge in [-0.05, 0) is 26.3 Å². The minimum absolute atomic E-state index is 0.139. The fourth-order valence-electron chi connectivity index (χ4n) is 0.611. The number of rotatable bonds is 3. The molecule has 0 aromatic carbocycles. The summed E-state index contributed by atoms with van der Waals surface area (Å²) in [6.45, 7) is 5.53. The molecule has 12 heavy (non-hydrogen) atoms. The van der Waals surface area contributed by atoms with E-state index < -0.39 is 5.54 Å². The lowest BCUT2D eigenvalue weighted by Crippen LogP contribution is -2.41. The molecule has 0 heterocycles. The van der Waals surface area contributed by atoms with E-state index >= 15 is 0 Å². The topological polar surface area (TPSA) is 29.1 Å². The maximum absolute atomic E-state index is 11.1. The average Bonchev–Trinajstić information content (AvgIpc) is 2.00. The molecule has 0 unspecified atom stereocenters. The monoisotopic (exact) mass is 165 g/mol. The van der Waals surface area contributed by atoms with Crippen LogP contribution in [0.2, 0.25) is 0 Å². The molecule has 0 saturated heterocycles. The molecule has 1 amide bonds. The van der Waals surface area contributed by atoms with E-state index in [9.17, 15) is 4.79 Å². The maximum Gasteiger partial charge on any atom is 0.244 e. The van der Waals surface area contributed by atoms with Gasteiger partial charge in [-0.1, -0.05) is 18.9 Å². The molecule has 1 N–H and O–H groups in total. The van der Waals surface area contributed by atoms with E-state index in [1.807, 2.05) is 6.92 Å². The number of nitrogens with one attached hydrogen (secondary N) is 1.